The van der Waals surface area contributed by atoms with Crippen molar-refractivity contribution in [2.75, 3.05) is 26.2 Å². The number of sulfonamides is 1. The van der Waals surface area contributed by atoms with Crippen LogP contribution in [-0.4, -0.2) is 76.9 Å². The van der Waals surface area contributed by atoms with E-state index < -0.39 is 22.2 Å². The van der Waals surface area contributed by atoms with Gasteiger partial charge in [-0.3, -0.25) is 4.79 Å². The number of rotatable bonds is 5. The highest BCUT2D eigenvalue weighted by molar-refractivity contribution is 7.89. The van der Waals surface area contributed by atoms with E-state index in [0.29, 0.717) is 24.4 Å². The van der Waals surface area contributed by atoms with E-state index in [1.165, 1.54) is 0 Å². The number of carbonyl (C=O) groups is 2. The molecule has 3 aromatic rings. The number of fused-ring (bicyclic) bond motifs is 1. The second kappa shape index (κ2) is 11.1. The Morgan fingerprint density at radius 3 is 2.13 bits per heavy atom. The maximum atomic E-state index is 12.8. The molecule has 2 aliphatic rings. The molecule has 0 saturated carbocycles. The Morgan fingerprint density at radius 1 is 0.974 bits per heavy atom. The molecule has 9 nitrogen and oxygen atoms in total. The van der Waals surface area contributed by atoms with Crippen LogP contribution in [0.4, 0.5) is 13.2 Å². The fraction of sp³-hybridized carbons (Fsp3) is 0.400. The van der Waals surface area contributed by atoms with E-state index in [1.54, 1.807) is 22.6 Å². The number of nitrogens with zero attached hydrogens (tertiary/aromatic N) is 3. The maximum absolute atomic E-state index is 12.8. The van der Waals surface area contributed by atoms with Gasteiger partial charge in [-0.15, -0.1) is 0 Å². The number of carbonyl (C=O) groups excluding carboxylic acids is 1. The lowest BCUT2D eigenvalue weighted by Crippen LogP contribution is -2.29. The van der Waals surface area contributed by atoms with Crippen LogP contribution in [0.3, 0.4) is 0 Å². The summed E-state index contributed by atoms with van der Waals surface area (Å²) in [4.78, 5) is 31.3. The first-order chi connectivity index (χ1) is 18.0. The summed E-state index contributed by atoms with van der Waals surface area (Å²) in [6.45, 7) is 2.87. The molecule has 2 N–H and O–H groups in total. The van der Waals surface area contributed by atoms with Gasteiger partial charge in [0.05, 0.1) is 11.3 Å². The molecule has 4 heterocycles. The minimum absolute atomic E-state index is 0.141. The lowest BCUT2D eigenvalue weighted by Gasteiger charge is -2.15. The Balaban J connectivity index is 0.000000426. The average Bonchev–Trinajstić information content (AvgIpc) is 3.65. The zero-order chi connectivity index (χ0) is 27.5. The fourth-order valence-corrected chi connectivity index (χ4v) is 6.07. The second-order valence-corrected chi connectivity index (χ2v) is 11.1. The van der Waals surface area contributed by atoms with Crippen molar-refractivity contribution in [3.8, 4) is 11.1 Å². The van der Waals surface area contributed by atoms with Gasteiger partial charge in [-0.1, -0.05) is 12.1 Å². The van der Waals surface area contributed by atoms with Crippen molar-refractivity contribution >= 4 is 32.9 Å². The van der Waals surface area contributed by atoms with Crippen LogP contribution in [0.15, 0.2) is 47.5 Å². The number of carboxylic acids is 1. The number of aromatic nitrogens is 2. The van der Waals surface area contributed by atoms with Gasteiger partial charge in [0, 0.05) is 43.5 Å². The summed E-state index contributed by atoms with van der Waals surface area (Å²) in [5.41, 5.74) is 3.46. The lowest BCUT2D eigenvalue weighted by molar-refractivity contribution is -0.192. The van der Waals surface area contributed by atoms with Gasteiger partial charge in [-0.2, -0.15) is 17.5 Å². The molecule has 5 rings (SSSR count). The Bertz CT molecular complexity index is 1410. The van der Waals surface area contributed by atoms with Gasteiger partial charge in [0.25, 0.3) is 0 Å². The normalized spacial score (nSPS) is 16.4. The number of benzene rings is 1. The SMILES string of the molecule is O=C(Cc1cc2c(-c3ccc(S(=O)(=O)N4CCCC4)cc3)ccnc2[nH]1)N1CCCC1.O=C(O)C(F)(F)F. The van der Waals surface area contributed by atoms with Gasteiger partial charge in [-0.25, -0.2) is 18.2 Å². The average molecular weight is 553 g/mol. The lowest BCUT2D eigenvalue weighted by atomic mass is 10.0. The molecule has 2 aromatic heterocycles. The van der Waals surface area contributed by atoms with Gasteiger partial charge < -0.3 is 15.0 Å². The van der Waals surface area contributed by atoms with Crippen molar-refractivity contribution in [2.45, 2.75) is 43.2 Å². The minimum atomic E-state index is -5.08. The summed E-state index contributed by atoms with van der Waals surface area (Å²) in [5, 5.41) is 8.06. The largest absolute Gasteiger partial charge is 0.490 e. The molecule has 2 saturated heterocycles. The van der Waals surface area contributed by atoms with Crippen LogP contribution in [0.2, 0.25) is 0 Å². The number of aliphatic carboxylic acids is 1. The first-order valence-corrected chi connectivity index (χ1v) is 13.6. The summed E-state index contributed by atoms with van der Waals surface area (Å²) in [5.74, 6) is -2.62. The van der Waals surface area contributed by atoms with E-state index in [0.717, 1.165) is 66.6 Å². The molecule has 0 unspecified atom stereocenters. The number of nitrogens with one attached hydrogen (secondary N) is 1. The van der Waals surface area contributed by atoms with Crippen LogP contribution in [0.25, 0.3) is 22.2 Å². The first-order valence-electron chi connectivity index (χ1n) is 12.1. The molecule has 0 bridgehead atoms. The zero-order valence-electron chi connectivity index (χ0n) is 20.4. The topological polar surface area (TPSA) is 124 Å². The number of amides is 1. The quantitative estimate of drug-likeness (QED) is 0.496. The molecular weight excluding hydrogens is 525 g/mol. The summed E-state index contributed by atoms with van der Waals surface area (Å²) < 4.78 is 58.9. The van der Waals surface area contributed by atoms with E-state index in [4.69, 9.17) is 9.90 Å². The third-order valence-corrected chi connectivity index (χ3v) is 8.41. The van der Waals surface area contributed by atoms with E-state index in [1.807, 2.05) is 29.2 Å². The van der Waals surface area contributed by atoms with Crippen LogP contribution < -0.4 is 0 Å². The van der Waals surface area contributed by atoms with Crippen LogP contribution in [0.5, 0.6) is 0 Å². The van der Waals surface area contributed by atoms with Crippen LogP contribution >= 0.6 is 0 Å². The number of H-pyrrole nitrogens is 1. The van der Waals surface area contributed by atoms with Crippen LogP contribution in [-0.2, 0) is 26.0 Å². The predicted molar refractivity (Wildman–Crippen MR) is 133 cm³/mol. The van der Waals surface area contributed by atoms with Gasteiger partial charge in [0.2, 0.25) is 15.9 Å². The monoisotopic (exact) mass is 552 g/mol. The predicted octanol–water partition coefficient (Wildman–Crippen LogP) is 3.81. The Hall–Kier alpha value is -3.45. The summed E-state index contributed by atoms with van der Waals surface area (Å²) >= 11 is 0. The standard InChI is InChI=1S/C23H26N4O3S.C2HF3O2/c28-22(26-11-1-2-12-26)16-18-15-21-20(9-10-24-23(21)25-18)17-5-7-19(8-6-17)31(29,30)27-13-3-4-14-27;3-2(4,5)1(6)7/h5-10,15H,1-4,11-14,16H2,(H,24,25);(H,6,7). The molecule has 0 aliphatic carbocycles. The highest BCUT2D eigenvalue weighted by atomic mass is 32.2. The van der Waals surface area contributed by atoms with Crippen molar-refractivity contribution < 1.29 is 36.3 Å². The van der Waals surface area contributed by atoms with Gasteiger partial charge in [0.15, 0.2) is 0 Å². The second-order valence-electron chi connectivity index (χ2n) is 9.12. The summed E-state index contributed by atoms with van der Waals surface area (Å²) in [6, 6.07) is 11.0. The number of carboxylic acid groups (broad SMARTS) is 1. The smallest absolute Gasteiger partial charge is 0.475 e. The molecule has 0 spiro atoms. The number of hydrogen-bond donors (Lipinski definition) is 2. The van der Waals surface area contributed by atoms with Crippen molar-refractivity contribution in [3.05, 3.63) is 48.3 Å². The molecule has 13 heteroatoms. The highest BCUT2D eigenvalue weighted by Gasteiger charge is 2.38. The molecular formula is C25H27F3N4O5S. The molecule has 2 aliphatic heterocycles. The van der Waals surface area contributed by atoms with Gasteiger partial charge >= 0.3 is 12.1 Å². The maximum Gasteiger partial charge on any atom is 0.490 e. The highest BCUT2D eigenvalue weighted by Crippen LogP contribution is 2.30. The number of pyridine rings is 1. The third-order valence-electron chi connectivity index (χ3n) is 6.50. The van der Waals surface area contributed by atoms with Crippen molar-refractivity contribution in [3.63, 3.8) is 0 Å². The minimum Gasteiger partial charge on any atom is -0.475 e. The van der Waals surface area contributed by atoms with E-state index in [2.05, 4.69) is 9.97 Å². The van der Waals surface area contributed by atoms with Crippen molar-refractivity contribution in [1.82, 2.24) is 19.2 Å². The molecule has 1 aromatic carbocycles. The first kappa shape index (κ1) is 27.6. The van der Waals surface area contributed by atoms with E-state index in [9.17, 15) is 26.4 Å². The zero-order valence-corrected chi connectivity index (χ0v) is 21.2. The van der Waals surface area contributed by atoms with Crippen LogP contribution in [0, 0.1) is 0 Å². The Kier molecular flexibility index (Phi) is 8.07. The Labute approximate surface area is 217 Å². The number of halogens is 3. The Morgan fingerprint density at radius 2 is 1.55 bits per heavy atom. The van der Waals surface area contributed by atoms with Crippen molar-refractivity contribution in [2.24, 2.45) is 0 Å². The number of alkyl halides is 3. The number of hydrogen-bond acceptors (Lipinski definition) is 5. The van der Waals surface area contributed by atoms with Gasteiger partial charge in [0.1, 0.15) is 5.65 Å². The molecule has 2 fully saturated rings. The molecule has 204 valence electrons. The third kappa shape index (κ3) is 6.16. The van der Waals surface area contributed by atoms with E-state index in [-0.39, 0.29) is 5.91 Å². The molecule has 38 heavy (non-hydrogen) atoms. The molecule has 0 radical (unpaired) electrons. The summed E-state index contributed by atoms with van der Waals surface area (Å²) in [7, 11) is -3.43. The van der Waals surface area contributed by atoms with Crippen molar-refractivity contribution in [1.29, 1.82) is 0 Å². The number of likely N-dealkylation sites (tertiary alicyclic amines) is 1. The van der Waals surface area contributed by atoms with Gasteiger partial charge in [-0.05, 0) is 61.1 Å². The molecule has 1 amide bonds. The fourth-order valence-electron chi connectivity index (χ4n) is 4.55. The van der Waals surface area contributed by atoms with Crippen LogP contribution in [0.1, 0.15) is 31.4 Å². The molecule has 0 atom stereocenters. The van der Waals surface area contributed by atoms with E-state index >= 15 is 0 Å². The number of aromatic amines is 1. The summed E-state index contributed by atoms with van der Waals surface area (Å²) in [6.07, 6.45) is 0.976.